The van der Waals surface area contributed by atoms with Crippen LogP contribution in [-0.2, 0) is 28.5 Å². The number of hydrogen-bond acceptors (Lipinski definition) is 14. The highest BCUT2D eigenvalue weighted by Gasteiger charge is 2.37. The van der Waals surface area contributed by atoms with E-state index < -0.39 is 0 Å². The average molecular weight is 912 g/mol. The first-order valence-electron chi connectivity index (χ1n) is 23.1. The average Bonchev–Trinajstić information content (AvgIpc) is 4.12. The number of aromatic nitrogens is 10. The van der Waals surface area contributed by atoms with Crippen molar-refractivity contribution in [1.29, 1.82) is 0 Å². The fourth-order valence-electron chi connectivity index (χ4n) is 8.61. The Labute approximate surface area is 384 Å². The van der Waals surface area contributed by atoms with Crippen molar-refractivity contribution in [2.45, 2.75) is 165 Å². The molecule has 5 aliphatic rings. The van der Waals surface area contributed by atoms with Crippen LogP contribution in [0.2, 0.25) is 0 Å². The van der Waals surface area contributed by atoms with Crippen molar-refractivity contribution in [1.82, 2.24) is 53.5 Å². The summed E-state index contributed by atoms with van der Waals surface area (Å²) in [6.07, 6.45) is 12.6. The molecule has 1 amide bonds. The molecule has 4 fully saturated rings. The Bertz CT molecular complexity index is 2650. The Morgan fingerprint density at radius 1 is 0.591 bits per heavy atom. The highest BCUT2D eigenvalue weighted by molar-refractivity contribution is 6.09. The van der Waals surface area contributed by atoms with Crippen LogP contribution in [0, 0.1) is 44.4 Å². The summed E-state index contributed by atoms with van der Waals surface area (Å²) in [5, 5.41) is 0. The molecule has 66 heavy (non-hydrogen) atoms. The molecule has 0 spiro atoms. The van der Waals surface area contributed by atoms with E-state index >= 15 is 0 Å². The first-order valence-corrected chi connectivity index (χ1v) is 23.1. The molecule has 12 atom stereocenters. The number of fused-ring (bicyclic) bond motifs is 2. The lowest BCUT2D eigenvalue weighted by Crippen LogP contribution is -2.40. The molecule has 0 bridgehead atoms. The number of ketones is 1. The number of nitrogens with one attached hydrogen (secondary N) is 1. The van der Waals surface area contributed by atoms with Gasteiger partial charge in [-0.2, -0.15) is 4.98 Å². The first kappa shape index (κ1) is 48.4. The number of nitrogens with zero attached hydrogens (tertiary/aromatic N) is 10. The van der Waals surface area contributed by atoms with Crippen LogP contribution in [0.5, 0.6) is 0 Å². The summed E-state index contributed by atoms with van der Waals surface area (Å²) in [6.45, 7) is 24.1. The van der Waals surface area contributed by atoms with Crippen molar-refractivity contribution in [3.05, 3.63) is 81.1 Å². The number of aromatic amines is 1. The number of H-pyrrole nitrogens is 1. The van der Waals surface area contributed by atoms with E-state index in [1.54, 1.807) is 48.4 Å². The van der Waals surface area contributed by atoms with Crippen molar-refractivity contribution < 1.29 is 28.5 Å². The number of carbonyl (C=O) groups excluding carboxylic acids is 2. The lowest BCUT2D eigenvalue weighted by molar-refractivity contribution is -0.143. The molecule has 5 aromatic rings. The van der Waals surface area contributed by atoms with Crippen molar-refractivity contribution in [2.75, 3.05) is 0 Å². The zero-order valence-electron chi connectivity index (χ0n) is 40.2. The van der Waals surface area contributed by atoms with Crippen molar-refractivity contribution in [3.8, 4) is 0 Å². The van der Waals surface area contributed by atoms with Gasteiger partial charge in [0.15, 0.2) is 22.6 Å². The summed E-state index contributed by atoms with van der Waals surface area (Å²) >= 11 is 0. The van der Waals surface area contributed by atoms with Crippen LogP contribution in [0.3, 0.4) is 0 Å². The van der Waals surface area contributed by atoms with Crippen LogP contribution < -0.4 is 11.2 Å². The largest absolute Gasteiger partial charge is 0.355 e. The minimum Gasteiger partial charge on any atom is -0.355 e. The first-order chi connectivity index (χ1) is 31.3. The van der Waals surface area contributed by atoms with Crippen LogP contribution in [0.15, 0.2) is 52.6 Å². The molecule has 0 aliphatic carbocycles. The summed E-state index contributed by atoms with van der Waals surface area (Å²) in [7, 11) is 0. The van der Waals surface area contributed by atoms with Gasteiger partial charge in [0.05, 0.1) is 49.2 Å². The summed E-state index contributed by atoms with van der Waals surface area (Å²) in [6, 6.07) is 1.83. The van der Waals surface area contributed by atoms with Crippen LogP contribution in [0.4, 0.5) is 0 Å². The van der Waals surface area contributed by atoms with Crippen LogP contribution in [0.1, 0.15) is 130 Å². The van der Waals surface area contributed by atoms with Gasteiger partial charge in [0, 0.05) is 23.7 Å². The minimum atomic E-state index is -0.221. The lowest BCUT2D eigenvalue weighted by Gasteiger charge is -2.28. The predicted molar refractivity (Wildman–Crippen MR) is 245 cm³/mol. The second-order valence-electron chi connectivity index (χ2n) is 18.8. The number of carbonyl (C=O) groups is 2. The van der Waals surface area contributed by atoms with Crippen molar-refractivity contribution >= 4 is 34.0 Å². The van der Waals surface area contributed by atoms with Crippen molar-refractivity contribution in [2.24, 2.45) is 23.7 Å². The van der Waals surface area contributed by atoms with Gasteiger partial charge < -0.3 is 23.9 Å². The molecule has 4 saturated heterocycles. The molecular weight excluding hydrogens is 847 g/mol. The van der Waals surface area contributed by atoms with Crippen LogP contribution >= 0.6 is 0 Å². The van der Waals surface area contributed by atoms with Crippen LogP contribution in [0.25, 0.3) is 22.3 Å². The van der Waals surface area contributed by atoms with Gasteiger partial charge in [-0.05, 0) is 111 Å². The van der Waals surface area contributed by atoms with E-state index in [9.17, 15) is 19.2 Å². The Morgan fingerprint density at radius 3 is 1.61 bits per heavy atom. The Hall–Kier alpha value is -5.50. The van der Waals surface area contributed by atoms with E-state index in [1.807, 2.05) is 49.2 Å². The number of imidazole rings is 2. The van der Waals surface area contributed by atoms with E-state index in [2.05, 4.69) is 76.4 Å². The molecule has 10 heterocycles. The van der Waals surface area contributed by atoms with Gasteiger partial charge in [0.2, 0.25) is 5.91 Å². The number of amides is 1. The number of aryl methyl sites for hydroxylation is 3. The third-order valence-electron chi connectivity index (χ3n) is 13.7. The molecule has 5 aromatic heterocycles. The number of allylic oxidation sites excluding steroid dienone is 1. The number of ether oxygens (including phenoxy) is 4. The molecule has 1 N–H and O–H groups in total. The SMILES string of the molecule is CC1=CN(C2C[C@@H](C)C(C)O2)C(=O)CC1=O.Cc1ccn(C2C[C@@H](C)C(C)O2)c(=O)n1.Cc1nc2c(ncn2C2C[C@@H](C)C(C)O2)c(=O)[nH]1.Cc1ncnc2c1ncn2C1C[C@@H](C)C(C)O1. The molecule has 0 saturated carbocycles. The van der Waals surface area contributed by atoms with E-state index in [-0.39, 0.29) is 72.6 Å². The van der Waals surface area contributed by atoms with Gasteiger partial charge in [0.1, 0.15) is 42.6 Å². The van der Waals surface area contributed by atoms with Crippen LogP contribution in [-0.4, -0.2) is 95.8 Å². The molecular formula is C47H65N11O8. The Morgan fingerprint density at radius 2 is 1.09 bits per heavy atom. The molecule has 0 aromatic carbocycles. The summed E-state index contributed by atoms with van der Waals surface area (Å²) in [5.74, 6) is 2.36. The summed E-state index contributed by atoms with van der Waals surface area (Å²) in [4.78, 5) is 75.9. The predicted octanol–water partition coefficient (Wildman–Crippen LogP) is 6.41. The smallest absolute Gasteiger partial charge is 0.349 e. The monoisotopic (exact) mass is 912 g/mol. The second-order valence-corrected chi connectivity index (χ2v) is 18.8. The fourth-order valence-corrected chi connectivity index (χ4v) is 8.61. The molecule has 5 aliphatic heterocycles. The lowest BCUT2D eigenvalue weighted by atomic mass is 10.0. The van der Waals surface area contributed by atoms with Gasteiger partial charge in [-0.15, -0.1) is 0 Å². The Balaban J connectivity index is 0.000000131. The highest BCUT2D eigenvalue weighted by Crippen LogP contribution is 2.36. The van der Waals surface area contributed by atoms with Gasteiger partial charge >= 0.3 is 5.69 Å². The quantitative estimate of drug-likeness (QED) is 0.193. The number of rotatable bonds is 4. The maximum absolute atomic E-state index is 11.7. The van der Waals surface area contributed by atoms with Gasteiger partial charge in [0.25, 0.3) is 5.56 Å². The minimum absolute atomic E-state index is 0.0229. The van der Waals surface area contributed by atoms with E-state index in [0.29, 0.717) is 52.3 Å². The molecule has 0 radical (unpaired) electrons. The molecule has 356 valence electrons. The number of Topliss-reactive ketones (excluding diaryl/α,β-unsaturated/α-hetero) is 1. The maximum atomic E-state index is 11.7. The summed E-state index contributed by atoms with van der Waals surface area (Å²) < 4.78 is 28.7. The van der Waals surface area contributed by atoms with Gasteiger partial charge in [-0.1, -0.05) is 27.7 Å². The third kappa shape index (κ3) is 10.5. The summed E-state index contributed by atoms with van der Waals surface area (Å²) in [5.41, 5.74) is 4.57. The molecule has 19 nitrogen and oxygen atoms in total. The van der Waals surface area contributed by atoms with E-state index in [0.717, 1.165) is 48.2 Å². The zero-order valence-corrected chi connectivity index (χ0v) is 40.2. The number of hydrogen-bond donors (Lipinski definition) is 1. The molecule has 10 rings (SSSR count). The van der Waals surface area contributed by atoms with Gasteiger partial charge in [-0.3, -0.25) is 33.0 Å². The normalized spacial score (nSPS) is 30.7. The second kappa shape index (κ2) is 20.2. The van der Waals surface area contributed by atoms with E-state index in [1.165, 1.54) is 0 Å². The maximum Gasteiger partial charge on any atom is 0.349 e. The highest BCUT2D eigenvalue weighted by atomic mass is 16.5. The van der Waals surface area contributed by atoms with Gasteiger partial charge in [-0.25, -0.2) is 29.7 Å². The van der Waals surface area contributed by atoms with Crippen molar-refractivity contribution in [3.63, 3.8) is 0 Å². The zero-order chi connectivity index (χ0) is 47.7. The third-order valence-corrected chi connectivity index (χ3v) is 13.7. The van der Waals surface area contributed by atoms with E-state index in [4.69, 9.17) is 18.9 Å². The fraction of sp³-hybridized carbons (Fsp3) is 0.617. The molecule has 19 heteroatoms. The topological polar surface area (TPSA) is 216 Å². The standard InChI is InChI=1S/C12H16N4O2.C12H16N4O.C12H17NO3.C11H16N2O2/c1-6-4-9(18-7(6)2)16-5-13-10-11(16)14-8(3)15-12(10)17;1-7-4-10(17-9(7)3)16-6-15-11-8(2)13-5-14-12(11)16;1-7-4-12(16-9(7)3)13-6-8(2)10(14)5-11(13)15;1-7-6-10(15-9(7)3)13-5-4-8(2)12-11(13)14/h5-7,9H,4H2,1-3H3,(H,14,15,17);5-7,9-10H,4H2,1-3H3;6-7,9,12H,4-5H2,1-3H3;4-5,7,9-10H,6H2,1-3H3/t6-,7?,9?;7-,9?,10?;7-,9?,12?;7-,9?,10?/m1111/s1. The molecule has 8 unspecified atom stereocenters. The Kier molecular flexibility index (Phi) is 14.8.